The van der Waals surface area contributed by atoms with Crippen molar-refractivity contribution in [2.24, 2.45) is 0 Å². The number of likely N-dealkylation sites (N-methyl/N-ethyl adjacent to an activating group) is 1. The highest BCUT2D eigenvalue weighted by Gasteiger charge is 2.16. The van der Waals surface area contributed by atoms with Crippen LogP contribution in [0.3, 0.4) is 0 Å². The van der Waals surface area contributed by atoms with Gasteiger partial charge in [-0.1, -0.05) is 0 Å². The second kappa shape index (κ2) is 7.93. The summed E-state index contributed by atoms with van der Waals surface area (Å²) in [7, 11) is 3.75. The molecule has 0 atom stereocenters. The van der Waals surface area contributed by atoms with Crippen LogP contribution in [-0.4, -0.2) is 48.0 Å². The number of nitrogens with zero attached hydrogens (tertiary/aromatic N) is 3. The summed E-state index contributed by atoms with van der Waals surface area (Å²) in [6.07, 6.45) is 0. The lowest BCUT2D eigenvalue weighted by Gasteiger charge is -2.11. The van der Waals surface area contributed by atoms with Crippen LogP contribution in [0.15, 0.2) is 18.2 Å². The normalized spacial score (nSPS) is 10.8. The fraction of sp³-hybridized carbons (Fsp3) is 0.312. The summed E-state index contributed by atoms with van der Waals surface area (Å²) in [6, 6.07) is 3.28. The molecule has 1 heterocycles. The van der Waals surface area contributed by atoms with E-state index in [0.717, 1.165) is 12.1 Å². The van der Waals surface area contributed by atoms with Crippen LogP contribution < -0.4 is 10.6 Å². The molecule has 2 N–H and O–H groups in total. The third kappa shape index (κ3) is 4.90. The number of aryl methyl sites for hydroxylation is 1. The summed E-state index contributed by atoms with van der Waals surface area (Å²) in [5.74, 6) is -4.79. The third-order valence-electron chi connectivity index (χ3n) is 3.21. The topological polar surface area (TPSA) is 70.2 Å². The standard InChI is InChI=1S/C16H18F3N5O/c1-9-8-12(15(25)20-6-7-24(2)3)23-16(21-9)22-11-5-4-10(17)13(18)14(11)19/h4-5,8H,6-7H2,1-3H3,(H,20,25)(H,21,22,23). The van der Waals surface area contributed by atoms with Gasteiger partial charge in [-0.15, -0.1) is 0 Å². The molecule has 0 saturated carbocycles. The van der Waals surface area contributed by atoms with Crippen molar-refractivity contribution in [3.05, 3.63) is 47.0 Å². The Morgan fingerprint density at radius 1 is 1.16 bits per heavy atom. The lowest BCUT2D eigenvalue weighted by atomic mass is 10.3. The molecular weight excluding hydrogens is 335 g/mol. The van der Waals surface area contributed by atoms with Gasteiger partial charge >= 0.3 is 0 Å². The number of benzene rings is 1. The Hall–Kier alpha value is -2.68. The molecule has 2 aromatic rings. The molecule has 0 unspecified atom stereocenters. The van der Waals surface area contributed by atoms with Gasteiger partial charge in [-0.2, -0.15) is 0 Å². The van der Waals surface area contributed by atoms with Gasteiger partial charge < -0.3 is 15.5 Å². The van der Waals surface area contributed by atoms with Crippen LogP contribution >= 0.6 is 0 Å². The average Bonchev–Trinajstić information content (AvgIpc) is 2.54. The van der Waals surface area contributed by atoms with Gasteiger partial charge in [-0.25, -0.2) is 23.1 Å². The molecule has 0 aliphatic carbocycles. The molecule has 0 spiro atoms. The molecule has 0 fully saturated rings. The summed E-state index contributed by atoms with van der Waals surface area (Å²) < 4.78 is 40.0. The van der Waals surface area contributed by atoms with E-state index < -0.39 is 23.4 Å². The van der Waals surface area contributed by atoms with Crippen LogP contribution in [0.5, 0.6) is 0 Å². The van der Waals surface area contributed by atoms with Gasteiger partial charge in [0.25, 0.3) is 5.91 Å². The van der Waals surface area contributed by atoms with Gasteiger partial charge in [0.15, 0.2) is 17.5 Å². The fourth-order valence-electron chi connectivity index (χ4n) is 1.97. The molecule has 1 amide bonds. The first-order valence-electron chi connectivity index (χ1n) is 7.47. The number of rotatable bonds is 6. The largest absolute Gasteiger partial charge is 0.349 e. The van der Waals surface area contributed by atoms with Crippen LogP contribution in [0.2, 0.25) is 0 Å². The Morgan fingerprint density at radius 3 is 2.56 bits per heavy atom. The van der Waals surface area contributed by atoms with Crippen molar-refractivity contribution in [3.63, 3.8) is 0 Å². The molecule has 1 aromatic carbocycles. The van der Waals surface area contributed by atoms with Crippen LogP contribution in [0, 0.1) is 24.4 Å². The van der Waals surface area contributed by atoms with Crippen molar-refractivity contribution in [2.75, 3.05) is 32.5 Å². The number of aromatic nitrogens is 2. The van der Waals surface area contributed by atoms with Gasteiger partial charge in [0.2, 0.25) is 5.95 Å². The van der Waals surface area contributed by atoms with E-state index in [0.29, 0.717) is 18.8 Å². The summed E-state index contributed by atoms with van der Waals surface area (Å²) >= 11 is 0. The number of nitrogens with one attached hydrogen (secondary N) is 2. The maximum atomic E-state index is 13.7. The lowest BCUT2D eigenvalue weighted by Crippen LogP contribution is -2.32. The highest BCUT2D eigenvalue weighted by molar-refractivity contribution is 5.92. The third-order valence-corrected chi connectivity index (χ3v) is 3.21. The summed E-state index contributed by atoms with van der Waals surface area (Å²) in [6.45, 7) is 2.71. The SMILES string of the molecule is Cc1cc(C(=O)NCCN(C)C)nc(Nc2ccc(F)c(F)c2F)n1. The molecule has 6 nitrogen and oxygen atoms in total. The van der Waals surface area contributed by atoms with Crippen LogP contribution in [0.1, 0.15) is 16.2 Å². The second-order valence-corrected chi connectivity index (χ2v) is 5.63. The van der Waals surface area contributed by atoms with Crippen molar-refractivity contribution >= 4 is 17.5 Å². The first-order valence-corrected chi connectivity index (χ1v) is 7.47. The van der Waals surface area contributed by atoms with E-state index in [1.54, 1.807) is 6.92 Å². The highest BCUT2D eigenvalue weighted by Crippen LogP contribution is 2.22. The maximum absolute atomic E-state index is 13.7. The van der Waals surface area contributed by atoms with Crippen molar-refractivity contribution in [1.82, 2.24) is 20.2 Å². The number of amides is 1. The smallest absolute Gasteiger partial charge is 0.270 e. The lowest BCUT2D eigenvalue weighted by molar-refractivity contribution is 0.0946. The number of carbonyl (C=O) groups is 1. The van der Waals surface area contributed by atoms with Crippen molar-refractivity contribution < 1.29 is 18.0 Å². The Labute approximate surface area is 143 Å². The number of hydrogen-bond donors (Lipinski definition) is 2. The molecule has 2 rings (SSSR count). The first-order chi connectivity index (χ1) is 11.8. The fourth-order valence-corrected chi connectivity index (χ4v) is 1.97. The molecule has 0 aliphatic rings. The first kappa shape index (κ1) is 18.7. The Bertz CT molecular complexity index is 783. The van der Waals surface area contributed by atoms with E-state index in [2.05, 4.69) is 20.6 Å². The molecule has 0 radical (unpaired) electrons. The minimum absolute atomic E-state index is 0.0803. The number of hydrogen-bond acceptors (Lipinski definition) is 5. The van der Waals surface area contributed by atoms with Crippen molar-refractivity contribution in [1.29, 1.82) is 0 Å². The Morgan fingerprint density at radius 2 is 1.88 bits per heavy atom. The van der Waals surface area contributed by atoms with E-state index in [4.69, 9.17) is 0 Å². The molecule has 1 aromatic heterocycles. The zero-order valence-electron chi connectivity index (χ0n) is 14.0. The highest BCUT2D eigenvalue weighted by atomic mass is 19.2. The quantitative estimate of drug-likeness (QED) is 0.780. The molecule has 9 heteroatoms. The summed E-state index contributed by atoms with van der Waals surface area (Å²) in [4.78, 5) is 22.0. The van der Waals surface area contributed by atoms with E-state index in [9.17, 15) is 18.0 Å². The zero-order chi connectivity index (χ0) is 18.6. The molecule has 0 aliphatic heterocycles. The van der Waals surface area contributed by atoms with Gasteiger partial charge in [0, 0.05) is 18.8 Å². The number of halogens is 3. The predicted molar refractivity (Wildman–Crippen MR) is 87.3 cm³/mol. The van der Waals surface area contributed by atoms with Crippen LogP contribution in [0.4, 0.5) is 24.8 Å². The van der Waals surface area contributed by atoms with Gasteiger partial charge in [-0.3, -0.25) is 4.79 Å². The van der Waals surface area contributed by atoms with Gasteiger partial charge in [-0.05, 0) is 39.2 Å². The molecule has 0 bridgehead atoms. The van der Waals surface area contributed by atoms with Crippen molar-refractivity contribution in [2.45, 2.75) is 6.92 Å². The maximum Gasteiger partial charge on any atom is 0.270 e. The monoisotopic (exact) mass is 353 g/mol. The van der Waals surface area contributed by atoms with Crippen LogP contribution in [-0.2, 0) is 0 Å². The summed E-state index contributed by atoms with van der Waals surface area (Å²) in [5.41, 5.74) is 0.207. The number of anilines is 2. The minimum atomic E-state index is -1.60. The Balaban J connectivity index is 2.19. The van der Waals surface area contributed by atoms with E-state index >= 15 is 0 Å². The average molecular weight is 353 g/mol. The molecule has 25 heavy (non-hydrogen) atoms. The van der Waals surface area contributed by atoms with Crippen LogP contribution in [0.25, 0.3) is 0 Å². The van der Waals surface area contributed by atoms with Crippen molar-refractivity contribution in [3.8, 4) is 0 Å². The minimum Gasteiger partial charge on any atom is -0.349 e. The summed E-state index contributed by atoms with van der Waals surface area (Å²) in [5, 5.41) is 5.15. The molecular formula is C16H18F3N5O. The van der Waals surface area contributed by atoms with E-state index in [1.165, 1.54) is 6.07 Å². The molecule has 134 valence electrons. The second-order valence-electron chi connectivity index (χ2n) is 5.63. The van der Waals surface area contributed by atoms with E-state index in [1.807, 2.05) is 19.0 Å². The zero-order valence-corrected chi connectivity index (χ0v) is 14.0. The van der Waals surface area contributed by atoms with Gasteiger partial charge in [0.1, 0.15) is 5.69 Å². The number of carbonyl (C=O) groups excluding carboxylic acids is 1. The van der Waals surface area contributed by atoms with Gasteiger partial charge in [0.05, 0.1) is 5.69 Å². The molecule has 0 saturated heterocycles. The van der Waals surface area contributed by atoms with E-state index in [-0.39, 0.29) is 17.3 Å². The predicted octanol–water partition coefficient (Wildman–Crippen LogP) is 2.24. The Kier molecular flexibility index (Phi) is 5.92.